The molecule has 0 heterocycles. The lowest BCUT2D eigenvalue weighted by atomic mass is 10.1. The molecule has 1 rings (SSSR count). The monoisotopic (exact) mass is 320 g/mol. The molecule has 1 aromatic carbocycles. The van der Waals surface area contributed by atoms with Crippen LogP contribution >= 0.6 is 31.9 Å². The van der Waals surface area contributed by atoms with Crippen LogP contribution in [-0.2, 0) is 0 Å². The highest BCUT2D eigenvalue weighted by atomic mass is 79.9. The normalized spacial score (nSPS) is 9.93. The van der Waals surface area contributed by atoms with Gasteiger partial charge in [0.05, 0.1) is 7.11 Å². The summed E-state index contributed by atoms with van der Waals surface area (Å²) in [5.41, 5.74) is 0.699. The molecule has 0 amide bonds. The van der Waals surface area contributed by atoms with Crippen molar-refractivity contribution in [2.45, 2.75) is 6.42 Å². The second-order valence-corrected chi connectivity index (χ2v) is 4.36. The van der Waals surface area contributed by atoms with E-state index >= 15 is 0 Å². The Bertz CT molecular complexity index is 337. The number of methoxy groups -OCH3 is 1. The van der Waals surface area contributed by atoms with Gasteiger partial charge >= 0.3 is 0 Å². The molecule has 0 aliphatic rings. The van der Waals surface area contributed by atoms with E-state index in [1.807, 2.05) is 0 Å². The Morgan fingerprint density at radius 3 is 2.71 bits per heavy atom. The fourth-order valence-electron chi connectivity index (χ4n) is 1.07. The van der Waals surface area contributed by atoms with E-state index in [1.165, 1.54) is 0 Å². The van der Waals surface area contributed by atoms with Crippen molar-refractivity contribution in [3.05, 3.63) is 28.2 Å². The molecule has 0 aliphatic carbocycles. The van der Waals surface area contributed by atoms with Crippen molar-refractivity contribution in [2.75, 3.05) is 12.4 Å². The standard InChI is InChI=1S/C10H10Br2O2/c1-14-7-2-3-8(9(12)6-7)10(13)4-5-11/h2-3,6H,4-5H2,1H3. The average molecular weight is 322 g/mol. The SMILES string of the molecule is COc1ccc(C(=O)CCBr)c(Br)c1. The highest BCUT2D eigenvalue weighted by molar-refractivity contribution is 9.10. The van der Waals surface area contributed by atoms with E-state index in [0.717, 1.165) is 10.2 Å². The highest BCUT2D eigenvalue weighted by Gasteiger charge is 2.09. The summed E-state index contributed by atoms with van der Waals surface area (Å²) in [6, 6.07) is 5.35. The molecule has 0 bridgehead atoms. The average Bonchev–Trinajstić information content (AvgIpc) is 2.17. The summed E-state index contributed by atoms with van der Waals surface area (Å²) in [5, 5.41) is 0.685. The largest absolute Gasteiger partial charge is 0.497 e. The van der Waals surface area contributed by atoms with Crippen molar-refractivity contribution in [1.82, 2.24) is 0 Å². The Morgan fingerprint density at radius 2 is 2.21 bits per heavy atom. The smallest absolute Gasteiger partial charge is 0.164 e. The number of hydrogen-bond acceptors (Lipinski definition) is 2. The third kappa shape index (κ3) is 2.82. The van der Waals surface area contributed by atoms with Gasteiger partial charge in [0, 0.05) is 21.8 Å². The molecule has 0 saturated heterocycles. The lowest BCUT2D eigenvalue weighted by Crippen LogP contribution is -2.00. The summed E-state index contributed by atoms with van der Waals surface area (Å²) in [5.74, 6) is 0.865. The van der Waals surface area contributed by atoms with Crippen LogP contribution in [0.5, 0.6) is 5.75 Å². The molecular formula is C10H10Br2O2. The summed E-state index contributed by atoms with van der Waals surface area (Å²) in [4.78, 5) is 11.6. The molecule has 14 heavy (non-hydrogen) atoms. The minimum atomic E-state index is 0.122. The molecule has 0 radical (unpaired) electrons. The van der Waals surface area contributed by atoms with Crippen molar-refractivity contribution in [3.8, 4) is 5.75 Å². The van der Waals surface area contributed by atoms with Gasteiger partial charge in [-0.2, -0.15) is 0 Å². The fourth-order valence-corrected chi connectivity index (χ4v) is 2.01. The van der Waals surface area contributed by atoms with Gasteiger partial charge in [0.2, 0.25) is 0 Å². The van der Waals surface area contributed by atoms with E-state index in [2.05, 4.69) is 31.9 Å². The number of hydrogen-bond donors (Lipinski definition) is 0. The molecule has 76 valence electrons. The van der Waals surface area contributed by atoms with Gasteiger partial charge < -0.3 is 4.74 Å². The predicted molar refractivity (Wildman–Crippen MR) is 63.4 cm³/mol. The maximum atomic E-state index is 11.6. The minimum absolute atomic E-state index is 0.122. The number of alkyl halides is 1. The first-order chi connectivity index (χ1) is 6.69. The summed E-state index contributed by atoms with van der Waals surface area (Å²) in [7, 11) is 1.60. The van der Waals surface area contributed by atoms with Crippen LogP contribution in [-0.4, -0.2) is 18.2 Å². The van der Waals surface area contributed by atoms with E-state index in [1.54, 1.807) is 25.3 Å². The van der Waals surface area contributed by atoms with Crippen molar-refractivity contribution in [3.63, 3.8) is 0 Å². The molecule has 0 aliphatic heterocycles. The number of ether oxygens (including phenoxy) is 1. The maximum Gasteiger partial charge on any atom is 0.164 e. The third-order valence-corrected chi connectivity index (χ3v) is 2.85. The van der Waals surface area contributed by atoms with Gasteiger partial charge in [0.15, 0.2) is 5.78 Å². The van der Waals surface area contributed by atoms with Gasteiger partial charge in [-0.15, -0.1) is 0 Å². The van der Waals surface area contributed by atoms with Crippen LogP contribution in [0, 0.1) is 0 Å². The molecule has 2 nitrogen and oxygen atoms in total. The summed E-state index contributed by atoms with van der Waals surface area (Å²) in [6.45, 7) is 0. The Balaban J connectivity index is 2.94. The van der Waals surface area contributed by atoms with Crippen LogP contribution in [0.1, 0.15) is 16.8 Å². The van der Waals surface area contributed by atoms with E-state index in [4.69, 9.17) is 4.74 Å². The number of rotatable bonds is 4. The van der Waals surface area contributed by atoms with E-state index < -0.39 is 0 Å². The highest BCUT2D eigenvalue weighted by Crippen LogP contribution is 2.24. The van der Waals surface area contributed by atoms with Crippen molar-refractivity contribution in [1.29, 1.82) is 0 Å². The van der Waals surface area contributed by atoms with Crippen LogP contribution in [0.25, 0.3) is 0 Å². The Kier molecular flexibility index (Phi) is 4.62. The zero-order valence-electron chi connectivity index (χ0n) is 7.72. The molecule has 1 aromatic rings. The number of halogens is 2. The van der Waals surface area contributed by atoms with E-state index in [9.17, 15) is 4.79 Å². The number of carbonyl (C=O) groups is 1. The van der Waals surface area contributed by atoms with Crippen molar-refractivity contribution < 1.29 is 9.53 Å². The maximum absolute atomic E-state index is 11.6. The summed E-state index contributed by atoms with van der Waals surface area (Å²) >= 11 is 6.58. The molecular weight excluding hydrogens is 312 g/mol. The topological polar surface area (TPSA) is 26.3 Å². The van der Waals surface area contributed by atoms with Crippen LogP contribution in [0.15, 0.2) is 22.7 Å². The number of carbonyl (C=O) groups excluding carboxylic acids is 1. The number of benzene rings is 1. The van der Waals surface area contributed by atoms with Gasteiger partial charge in [0.1, 0.15) is 5.75 Å². The molecule has 0 fully saturated rings. The molecule has 0 saturated carbocycles. The Labute approximate surface area is 99.9 Å². The quantitative estimate of drug-likeness (QED) is 0.627. The van der Waals surface area contributed by atoms with Gasteiger partial charge in [-0.1, -0.05) is 15.9 Å². The van der Waals surface area contributed by atoms with E-state index in [-0.39, 0.29) is 5.78 Å². The first-order valence-electron chi connectivity index (χ1n) is 4.11. The second-order valence-electron chi connectivity index (χ2n) is 2.71. The Hall–Kier alpha value is -0.350. The van der Waals surface area contributed by atoms with Gasteiger partial charge in [-0.05, 0) is 34.1 Å². The van der Waals surface area contributed by atoms with Crippen molar-refractivity contribution >= 4 is 37.6 Å². The van der Waals surface area contributed by atoms with Gasteiger partial charge in [0.25, 0.3) is 0 Å². The molecule has 0 N–H and O–H groups in total. The lowest BCUT2D eigenvalue weighted by molar-refractivity contribution is 0.0989. The fraction of sp³-hybridized carbons (Fsp3) is 0.300. The zero-order chi connectivity index (χ0) is 10.6. The molecule has 4 heteroatoms. The summed E-state index contributed by atoms with van der Waals surface area (Å²) in [6.07, 6.45) is 0.505. The van der Waals surface area contributed by atoms with Crippen LogP contribution in [0.4, 0.5) is 0 Å². The van der Waals surface area contributed by atoms with Crippen molar-refractivity contribution in [2.24, 2.45) is 0 Å². The zero-order valence-corrected chi connectivity index (χ0v) is 10.9. The van der Waals surface area contributed by atoms with E-state index in [0.29, 0.717) is 17.3 Å². The first kappa shape index (κ1) is 11.7. The summed E-state index contributed by atoms with van der Waals surface area (Å²) < 4.78 is 5.82. The molecule has 0 aromatic heterocycles. The van der Waals surface area contributed by atoms with Crippen LogP contribution in [0.3, 0.4) is 0 Å². The van der Waals surface area contributed by atoms with Crippen LogP contribution < -0.4 is 4.74 Å². The number of ketones is 1. The Morgan fingerprint density at radius 1 is 1.50 bits per heavy atom. The number of Topliss-reactive ketones (excluding diaryl/α,β-unsaturated/α-hetero) is 1. The van der Waals surface area contributed by atoms with Gasteiger partial charge in [-0.3, -0.25) is 4.79 Å². The molecule has 0 spiro atoms. The predicted octanol–water partition coefficient (Wildman–Crippen LogP) is 3.43. The molecule has 0 unspecified atom stereocenters. The second kappa shape index (κ2) is 5.51. The first-order valence-corrected chi connectivity index (χ1v) is 6.03. The minimum Gasteiger partial charge on any atom is -0.497 e. The lowest BCUT2D eigenvalue weighted by Gasteiger charge is -2.04. The van der Waals surface area contributed by atoms with Gasteiger partial charge in [-0.25, -0.2) is 0 Å². The third-order valence-electron chi connectivity index (χ3n) is 1.80. The van der Waals surface area contributed by atoms with Crippen LogP contribution in [0.2, 0.25) is 0 Å². The molecule has 0 atom stereocenters.